The van der Waals surface area contributed by atoms with E-state index >= 15 is 0 Å². The van der Waals surface area contributed by atoms with Gasteiger partial charge in [-0.2, -0.15) is 0 Å². The molecule has 0 fully saturated rings. The van der Waals surface area contributed by atoms with Crippen LogP contribution >= 0.6 is 11.3 Å². The number of carbonyl (C=O) groups excluding carboxylic acids is 1. The number of carbonyl (C=O) groups is 1. The lowest BCUT2D eigenvalue weighted by molar-refractivity contribution is 0.0948. The van der Waals surface area contributed by atoms with Crippen molar-refractivity contribution in [2.24, 2.45) is 0 Å². The fourth-order valence-corrected chi connectivity index (χ4v) is 4.20. The summed E-state index contributed by atoms with van der Waals surface area (Å²) in [6.07, 6.45) is 5.36. The minimum absolute atomic E-state index is 0.0314. The van der Waals surface area contributed by atoms with Crippen molar-refractivity contribution >= 4 is 22.8 Å². The monoisotopic (exact) mass is 464 g/mol. The van der Waals surface area contributed by atoms with Crippen LogP contribution in [0.2, 0.25) is 0 Å². The van der Waals surface area contributed by atoms with Gasteiger partial charge in [-0.15, -0.1) is 11.3 Å². The number of thiazole rings is 1. The Labute approximate surface area is 191 Å². The Hall–Kier alpha value is -3.92. The van der Waals surface area contributed by atoms with Crippen LogP contribution in [0.25, 0.3) is 17.0 Å². The molecule has 4 heterocycles. The Morgan fingerprint density at radius 2 is 1.97 bits per heavy atom. The molecule has 0 atom stereocenters. The van der Waals surface area contributed by atoms with E-state index in [1.165, 1.54) is 12.1 Å². The molecule has 0 saturated carbocycles. The third-order valence-electron chi connectivity index (χ3n) is 5.01. The highest BCUT2D eigenvalue weighted by molar-refractivity contribution is 7.09. The number of fused-ring (bicyclic) bond motifs is 1. The molecule has 1 N–H and O–H groups in total. The van der Waals surface area contributed by atoms with Crippen LogP contribution in [0.15, 0.2) is 60.5 Å². The SMILES string of the molecule is Cc1nc(Cn2cnc(-c3nc(C(=O)NCc4cc(F)cc(F)c4)c4ccccn34)c2)cs1. The van der Waals surface area contributed by atoms with Gasteiger partial charge in [-0.1, -0.05) is 6.07 Å². The molecule has 4 aromatic heterocycles. The molecule has 0 saturated heterocycles. The van der Waals surface area contributed by atoms with E-state index in [0.29, 0.717) is 29.1 Å². The number of benzene rings is 1. The average Bonchev–Trinajstić information content (AvgIpc) is 3.50. The number of pyridine rings is 1. The van der Waals surface area contributed by atoms with Gasteiger partial charge < -0.3 is 9.88 Å². The van der Waals surface area contributed by atoms with Crippen LogP contribution in [0.4, 0.5) is 8.78 Å². The van der Waals surface area contributed by atoms with Crippen LogP contribution in [0.3, 0.4) is 0 Å². The summed E-state index contributed by atoms with van der Waals surface area (Å²) < 4.78 is 30.6. The van der Waals surface area contributed by atoms with Gasteiger partial charge in [0.05, 0.1) is 29.1 Å². The highest BCUT2D eigenvalue weighted by Crippen LogP contribution is 2.22. The quantitative estimate of drug-likeness (QED) is 0.408. The van der Waals surface area contributed by atoms with Crippen molar-refractivity contribution in [2.45, 2.75) is 20.0 Å². The largest absolute Gasteiger partial charge is 0.347 e. The summed E-state index contributed by atoms with van der Waals surface area (Å²) in [5.41, 5.74) is 2.67. The van der Waals surface area contributed by atoms with Crippen molar-refractivity contribution in [1.82, 2.24) is 29.2 Å². The Bertz CT molecular complexity index is 1450. The van der Waals surface area contributed by atoms with Crippen LogP contribution in [-0.4, -0.2) is 29.8 Å². The van der Waals surface area contributed by atoms with Gasteiger partial charge in [-0.3, -0.25) is 9.20 Å². The Morgan fingerprint density at radius 1 is 1.15 bits per heavy atom. The fraction of sp³-hybridized carbons (Fsp3) is 0.130. The molecule has 5 rings (SSSR count). The van der Waals surface area contributed by atoms with Gasteiger partial charge >= 0.3 is 0 Å². The second-order valence-electron chi connectivity index (χ2n) is 7.49. The van der Waals surface area contributed by atoms with Gasteiger partial charge in [0.15, 0.2) is 11.5 Å². The maximum atomic E-state index is 13.4. The molecule has 0 bridgehead atoms. The van der Waals surface area contributed by atoms with Gasteiger partial charge in [-0.25, -0.2) is 23.7 Å². The molecule has 10 heteroatoms. The van der Waals surface area contributed by atoms with E-state index in [4.69, 9.17) is 0 Å². The number of rotatable bonds is 6. The molecule has 0 unspecified atom stereocenters. The number of aromatic nitrogens is 5. The molecular weight excluding hydrogens is 446 g/mol. The van der Waals surface area contributed by atoms with Crippen molar-refractivity contribution in [3.63, 3.8) is 0 Å². The van der Waals surface area contributed by atoms with E-state index in [9.17, 15) is 13.6 Å². The summed E-state index contributed by atoms with van der Waals surface area (Å²) in [5.74, 6) is -1.33. The first-order chi connectivity index (χ1) is 16.0. The molecule has 33 heavy (non-hydrogen) atoms. The molecule has 7 nitrogen and oxygen atoms in total. The van der Waals surface area contributed by atoms with Crippen molar-refractivity contribution in [3.05, 3.63) is 94.1 Å². The summed E-state index contributed by atoms with van der Waals surface area (Å²) in [6.45, 7) is 2.51. The summed E-state index contributed by atoms with van der Waals surface area (Å²) in [7, 11) is 0. The maximum absolute atomic E-state index is 13.4. The molecule has 5 aromatic rings. The number of nitrogens with one attached hydrogen (secondary N) is 1. The molecule has 0 aliphatic carbocycles. The van der Waals surface area contributed by atoms with Crippen LogP contribution < -0.4 is 5.32 Å². The number of hydrogen-bond donors (Lipinski definition) is 1. The zero-order valence-electron chi connectivity index (χ0n) is 17.5. The second-order valence-corrected chi connectivity index (χ2v) is 8.55. The fourth-order valence-electron chi connectivity index (χ4n) is 3.59. The maximum Gasteiger partial charge on any atom is 0.272 e. The van der Waals surface area contributed by atoms with E-state index in [0.717, 1.165) is 16.8 Å². The zero-order valence-corrected chi connectivity index (χ0v) is 18.3. The van der Waals surface area contributed by atoms with Gasteiger partial charge in [0, 0.05) is 30.4 Å². The molecule has 0 aliphatic rings. The number of hydrogen-bond acceptors (Lipinski definition) is 5. The lowest BCUT2D eigenvalue weighted by Crippen LogP contribution is -2.23. The van der Waals surface area contributed by atoms with Crippen molar-refractivity contribution in [1.29, 1.82) is 0 Å². The number of aryl methyl sites for hydroxylation is 1. The minimum atomic E-state index is -0.697. The van der Waals surface area contributed by atoms with Gasteiger partial charge in [0.25, 0.3) is 5.91 Å². The molecule has 1 amide bonds. The Morgan fingerprint density at radius 3 is 2.73 bits per heavy atom. The first-order valence-electron chi connectivity index (χ1n) is 10.1. The summed E-state index contributed by atoms with van der Waals surface area (Å²) in [4.78, 5) is 26.4. The van der Waals surface area contributed by atoms with Crippen molar-refractivity contribution in [2.75, 3.05) is 0 Å². The van der Waals surface area contributed by atoms with E-state index in [1.807, 2.05) is 35.2 Å². The van der Waals surface area contributed by atoms with Crippen LogP contribution in [0.1, 0.15) is 26.8 Å². The van der Waals surface area contributed by atoms with Crippen LogP contribution in [-0.2, 0) is 13.1 Å². The first kappa shape index (κ1) is 21.0. The number of imidazole rings is 2. The first-order valence-corrected chi connectivity index (χ1v) is 11.0. The molecule has 0 spiro atoms. The average molecular weight is 465 g/mol. The molecule has 0 radical (unpaired) electrons. The third-order valence-corrected chi connectivity index (χ3v) is 5.83. The lowest BCUT2D eigenvalue weighted by Gasteiger charge is -2.04. The van der Waals surface area contributed by atoms with Crippen molar-refractivity contribution < 1.29 is 13.6 Å². The predicted octanol–water partition coefficient (Wildman–Crippen LogP) is 4.22. The Kier molecular flexibility index (Phi) is 5.43. The lowest BCUT2D eigenvalue weighted by atomic mass is 10.2. The number of halogens is 2. The second kappa shape index (κ2) is 8.55. The highest BCUT2D eigenvalue weighted by atomic mass is 32.1. The highest BCUT2D eigenvalue weighted by Gasteiger charge is 2.19. The topological polar surface area (TPSA) is 77.1 Å². The van der Waals surface area contributed by atoms with Gasteiger partial charge in [0.1, 0.15) is 17.3 Å². The normalized spacial score (nSPS) is 11.2. The Balaban J connectivity index is 1.41. The van der Waals surface area contributed by atoms with Crippen LogP contribution in [0, 0.1) is 18.6 Å². The summed E-state index contributed by atoms with van der Waals surface area (Å²) in [6, 6.07) is 8.57. The smallest absolute Gasteiger partial charge is 0.272 e. The molecule has 166 valence electrons. The standard InChI is InChI=1S/C23H18F2N6OS/c1-14-28-18(12-33-14)10-30-11-19(27-13-30)22-29-21(20-4-2-3-5-31(20)22)23(32)26-9-15-6-16(24)8-17(25)7-15/h2-8,11-13H,9-10H2,1H3,(H,26,32). The van der Waals surface area contributed by atoms with E-state index < -0.39 is 17.5 Å². The summed E-state index contributed by atoms with van der Waals surface area (Å²) >= 11 is 1.59. The minimum Gasteiger partial charge on any atom is -0.347 e. The van der Waals surface area contributed by atoms with Crippen LogP contribution in [0.5, 0.6) is 0 Å². The number of nitrogens with zero attached hydrogens (tertiary/aromatic N) is 5. The predicted molar refractivity (Wildman–Crippen MR) is 120 cm³/mol. The molecular formula is C23H18F2N6OS. The van der Waals surface area contributed by atoms with E-state index in [1.54, 1.807) is 34.3 Å². The zero-order chi connectivity index (χ0) is 22.9. The molecule has 0 aliphatic heterocycles. The number of amides is 1. The summed E-state index contributed by atoms with van der Waals surface area (Å²) in [5, 5.41) is 5.69. The third kappa shape index (κ3) is 4.37. The van der Waals surface area contributed by atoms with E-state index in [2.05, 4.69) is 20.3 Å². The van der Waals surface area contributed by atoms with Gasteiger partial charge in [0.2, 0.25) is 0 Å². The van der Waals surface area contributed by atoms with E-state index in [-0.39, 0.29) is 12.2 Å². The van der Waals surface area contributed by atoms with Crippen molar-refractivity contribution in [3.8, 4) is 11.5 Å². The van der Waals surface area contributed by atoms with Gasteiger partial charge in [-0.05, 0) is 36.8 Å². The molecule has 1 aromatic carbocycles.